The van der Waals surface area contributed by atoms with Crippen molar-refractivity contribution in [2.75, 3.05) is 25.2 Å². The molecular formula is C12H21N5O2. The van der Waals surface area contributed by atoms with E-state index < -0.39 is 4.65 Å². The van der Waals surface area contributed by atoms with Gasteiger partial charge in [0.05, 0.1) is 13.6 Å². The Morgan fingerprint density at radius 1 is 1.58 bits per heavy atom. The second-order valence-electron chi connectivity index (χ2n) is 5.21. The van der Waals surface area contributed by atoms with Gasteiger partial charge in [-0.25, -0.2) is 0 Å². The predicted molar refractivity (Wildman–Crippen MR) is 71.8 cm³/mol. The number of unbranched alkanes of at least 4 members (excludes halogenated alkanes) is 1. The molecule has 0 bridgehead atoms. The second-order valence-corrected chi connectivity index (χ2v) is 5.21. The van der Waals surface area contributed by atoms with Crippen molar-refractivity contribution in [1.82, 2.24) is 9.78 Å². The number of nitrogens with zero attached hydrogens (tertiary/aromatic N) is 5. The number of aromatic nitrogens is 3. The Bertz CT molecular complexity index is 469. The van der Waals surface area contributed by atoms with E-state index in [1.165, 1.54) is 0 Å². The van der Waals surface area contributed by atoms with E-state index in [-0.39, 0.29) is 6.54 Å². The maximum atomic E-state index is 12.2. The number of anilines is 1. The maximum Gasteiger partial charge on any atom is 0.212 e. The van der Waals surface area contributed by atoms with Gasteiger partial charge in [0.15, 0.2) is 6.67 Å². The molecule has 1 aliphatic heterocycles. The van der Waals surface area contributed by atoms with Crippen LogP contribution in [-0.4, -0.2) is 34.7 Å². The highest BCUT2D eigenvalue weighted by Crippen LogP contribution is 2.27. The van der Waals surface area contributed by atoms with Gasteiger partial charge in [-0.3, -0.25) is 0 Å². The predicted octanol–water partition coefficient (Wildman–Crippen LogP) is 0.724. The molecule has 0 saturated carbocycles. The summed E-state index contributed by atoms with van der Waals surface area (Å²) in [5.41, 5.74) is 0.580. The third kappa shape index (κ3) is 2.71. The first-order valence-corrected chi connectivity index (χ1v) is 6.59. The molecule has 0 aromatic carbocycles. The van der Waals surface area contributed by atoms with Gasteiger partial charge in [-0.2, -0.15) is 0 Å². The molecule has 1 unspecified atom stereocenters. The summed E-state index contributed by atoms with van der Waals surface area (Å²) in [5.74, 6) is 0.773. The summed E-state index contributed by atoms with van der Waals surface area (Å²) in [6.45, 7) is 7.51. The fourth-order valence-corrected chi connectivity index (χ4v) is 2.47. The average Bonchev–Trinajstić information content (AvgIpc) is 2.61. The molecule has 0 spiro atoms. The molecule has 19 heavy (non-hydrogen) atoms. The van der Waals surface area contributed by atoms with Crippen LogP contribution in [0.4, 0.5) is 5.82 Å². The molecule has 0 radical (unpaired) electrons. The van der Waals surface area contributed by atoms with Crippen molar-refractivity contribution in [3.63, 3.8) is 0 Å². The molecule has 7 heteroatoms. The van der Waals surface area contributed by atoms with Crippen LogP contribution in [0.15, 0.2) is 12.7 Å². The first-order valence-electron chi connectivity index (χ1n) is 6.59. The molecule has 7 nitrogen and oxygen atoms in total. The van der Waals surface area contributed by atoms with Gasteiger partial charge in [-0.1, -0.05) is 24.1 Å². The Morgan fingerprint density at radius 2 is 2.32 bits per heavy atom. The Kier molecular flexibility index (Phi) is 3.77. The van der Waals surface area contributed by atoms with Crippen LogP contribution in [0.2, 0.25) is 0 Å². The van der Waals surface area contributed by atoms with E-state index in [4.69, 9.17) is 0 Å². The minimum absolute atomic E-state index is 0.240. The molecule has 0 amide bonds. The molecule has 1 aliphatic rings. The number of hydrogen-bond donors (Lipinski definition) is 0. The molecule has 0 fully saturated rings. The van der Waals surface area contributed by atoms with Gasteiger partial charge in [0.25, 0.3) is 0 Å². The zero-order valence-electron chi connectivity index (χ0n) is 11.6. The zero-order chi connectivity index (χ0) is 14.0. The molecule has 1 aromatic heterocycles. The van der Waals surface area contributed by atoms with Crippen LogP contribution in [0.3, 0.4) is 0 Å². The van der Waals surface area contributed by atoms with E-state index in [0.717, 1.165) is 18.7 Å². The van der Waals surface area contributed by atoms with Crippen molar-refractivity contribution in [1.29, 1.82) is 0 Å². The third-order valence-corrected chi connectivity index (χ3v) is 3.24. The first-order chi connectivity index (χ1) is 8.98. The lowest BCUT2D eigenvalue weighted by Gasteiger charge is -2.44. The molecule has 1 atom stereocenters. The highest BCUT2D eigenvalue weighted by Gasteiger charge is 2.35. The van der Waals surface area contributed by atoms with E-state index in [1.807, 2.05) is 4.90 Å². The lowest BCUT2D eigenvalue weighted by molar-refractivity contribution is -0.876. The van der Waals surface area contributed by atoms with Crippen molar-refractivity contribution in [2.24, 2.45) is 0 Å². The van der Waals surface area contributed by atoms with E-state index >= 15 is 0 Å². The Labute approximate surface area is 113 Å². The van der Waals surface area contributed by atoms with Crippen LogP contribution in [0.25, 0.3) is 0 Å². The van der Waals surface area contributed by atoms with Crippen molar-refractivity contribution in [3.05, 3.63) is 28.8 Å². The highest BCUT2D eigenvalue weighted by atomic mass is 16.5. The van der Waals surface area contributed by atoms with E-state index in [0.29, 0.717) is 30.4 Å². The van der Waals surface area contributed by atoms with Gasteiger partial charge in [0.1, 0.15) is 6.54 Å². The number of fused-ring (bicyclic) bond motifs is 1. The van der Waals surface area contributed by atoms with E-state index in [2.05, 4.69) is 18.6 Å². The molecule has 106 valence electrons. The SMILES string of the molecule is C=CCN1C[N+](C)([O-])Cc2n[n+]([O-])n(CCCC)c21. The average molecular weight is 267 g/mol. The molecule has 1 aromatic rings. The largest absolute Gasteiger partial charge is 0.631 e. The Morgan fingerprint density at radius 3 is 2.95 bits per heavy atom. The van der Waals surface area contributed by atoms with Crippen molar-refractivity contribution < 1.29 is 9.61 Å². The summed E-state index contributed by atoms with van der Waals surface area (Å²) in [6.07, 6.45) is 3.65. The normalized spacial score (nSPS) is 22.4. The molecule has 2 rings (SSSR count). The number of hydrogen-bond acceptors (Lipinski definition) is 4. The smallest absolute Gasteiger partial charge is 0.212 e. The summed E-state index contributed by atoms with van der Waals surface area (Å²) < 4.78 is 1.17. The molecule has 0 aliphatic carbocycles. The van der Waals surface area contributed by atoms with E-state index in [1.54, 1.807) is 17.8 Å². The molecule has 0 N–H and O–H groups in total. The maximum absolute atomic E-state index is 12.2. The molecule has 2 heterocycles. The van der Waals surface area contributed by atoms with Crippen LogP contribution < -0.4 is 9.86 Å². The third-order valence-electron chi connectivity index (χ3n) is 3.24. The lowest BCUT2D eigenvalue weighted by Crippen LogP contribution is -2.51. The zero-order valence-corrected chi connectivity index (χ0v) is 11.6. The summed E-state index contributed by atoms with van der Waals surface area (Å²) >= 11 is 0. The number of quaternary nitrogens is 1. The minimum Gasteiger partial charge on any atom is -0.631 e. The van der Waals surface area contributed by atoms with Gasteiger partial charge >= 0.3 is 0 Å². The number of hydroxylamine groups is 3. The fourth-order valence-electron chi connectivity index (χ4n) is 2.47. The summed E-state index contributed by atoms with van der Waals surface area (Å²) in [6, 6.07) is 0. The standard InChI is InChI=1S/C12H21N5O2/c1-4-6-8-15-12-11(13-16(15)18)9-17(3,19)10-14(12)7-5-2/h5H,2,4,6-10H2,1,3H3. The summed E-state index contributed by atoms with van der Waals surface area (Å²) in [7, 11) is 1.60. The number of rotatable bonds is 5. The van der Waals surface area contributed by atoms with Crippen LogP contribution >= 0.6 is 0 Å². The summed E-state index contributed by atoms with van der Waals surface area (Å²) in [5, 5.41) is 28.1. The van der Waals surface area contributed by atoms with Crippen LogP contribution in [-0.2, 0) is 13.1 Å². The Balaban J connectivity index is 2.39. The second kappa shape index (κ2) is 5.18. The minimum atomic E-state index is -0.439. The quantitative estimate of drug-likeness (QED) is 0.341. The lowest BCUT2D eigenvalue weighted by atomic mass is 10.3. The van der Waals surface area contributed by atoms with Crippen LogP contribution in [0, 0.1) is 10.4 Å². The van der Waals surface area contributed by atoms with Gasteiger partial charge < -0.3 is 20.0 Å². The highest BCUT2D eigenvalue weighted by molar-refractivity contribution is 5.44. The van der Waals surface area contributed by atoms with Gasteiger partial charge in [0.2, 0.25) is 11.5 Å². The fraction of sp³-hybridized carbons (Fsp3) is 0.667. The Hall–Kier alpha value is -1.60. The van der Waals surface area contributed by atoms with E-state index in [9.17, 15) is 10.4 Å². The molecule has 0 saturated heterocycles. The van der Waals surface area contributed by atoms with Crippen molar-refractivity contribution >= 4 is 5.82 Å². The topological polar surface area (TPSA) is 71.1 Å². The molecular weight excluding hydrogens is 246 g/mol. The van der Waals surface area contributed by atoms with Crippen LogP contribution in [0.1, 0.15) is 25.5 Å². The van der Waals surface area contributed by atoms with Crippen LogP contribution in [0.5, 0.6) is 0 Å². The monoisotopic (exact) mass is 267 g/mol. The summed E-state index contributed by atoms with van der Waals surface area (Å²) in [4.78, 5) is 2.50. The van der Waals surface area contributed by atoms with Crippen molar-refractivity contribution in [3.8, 4) is 0 Å². The van der Waals surface area contributed by atoms with Crippen molar-refractivity contribution in [2.45, 2.75) is 32.9 Å². The van der Waals surface area contributed by atoms with Gasteiger partial charge in [-0.05, 0) is 6.42 Å². The van der Waals surface area contributed by atoms with Gasteiger partial charge in [0, 0.05) is 16.6 Å². The first kappa shape index (κ1) is 13.8. The van der Waals surface area contributed by atoms with Gasteiger partial charge in [-0.15, -0.1) is 6.58 Å².